The Morgan fingerprint density at radius 2 is 2.31 bits per heavy atom. The molecule has 2 aromatic rings. The molecule has 0 radical (unpaired) electrons. The molecule has 0 unspecified atom stereocenters. The average Bonchev–Trinajstić information content (AvgIpc) is 2.49. The zero-order valence-corrected chi connectivity index (χ0v) is 8.71. The zero-order valence-electron chi connectivity index (χ0n) is 7.12. The second-order valence-corrected chi connectivity index (χ2v) is 3.78. The topological polar surface area (TPSA) is 52.0 Å². The number of para-hydroxylation sites is 1. The van der Waals surface area contributed by atoms with Gasteiger partial charge in [0.1, 0.15) is 5.52 Å². The van der Waals surface area contributed by atoms with Crippen LogP contribution >= 0.6 is 15.9 Å². The van der Waals surface area contributed by atoms with Gasteiger partial charge in [0.2, 0.25) is 5.89 Å². The molecule has 0 aliphatic heterocycles. The third-order valence-electron chi connectivity index (χ3n) is 1.77. The molecule has 0 fully saturated rings. The predicted molar refractivity (Wildman–Crippen MR) is 54.3 cm³/mol. The molecule has 0 aliphatic carbocycles. The molecule has 1 aromatic heterocycles. The highest BCUT2D eigenvalue weighted by Gasteiger charge is 2.10. The summed E-state index contributed by atoms with van der Waals surface area (Å²) in [5, 5.41) is 0. The molecule has 1 atom stereocenters. The van der Waals surface area contributed by atoms with E-state index in [4.69, 9.17) is 10.2 Å². The first-order chi connectivity index (χ1) is 6.18. The summed E-state index contributed by atoms with van der Waals surface area (Å²) in [6.45, 7) is 1.85. The second kappa shape index (κ2) is 3.12. The van der Waals surface area contributed by atoms with Gasteiger partial charge in [-0.25, -0.2) is 4.98 Å². The van der Waals surface area contributed by atoms with Crippen LogP contribution in [0.3, 0.4) is 0 Å². The van der Waals surface area contributed by atoms with Crippen LogP contribution in [0.4, 0.5) is 0 Å². The Kier molecular flexibility index (Phi) is 2.09. The van der Waals surface area contributed by atoms with Crippen LogP contribution in [0, 0.1) is 0 Å². The van der Waals surface area contributed by atoms with Gasteiger partial charge in [-0.3, -0.25) is 0 Å². The number of benzene rings is 1. The highest BCUT2D eigenvalue weighted by atomic mass is 79.9. The lowest BCUT2D eigenvalue weighted by atomic mass is 10.3. The quantitative estimate of drug-likeness (QED) is 0.834. The van der Waals surface area contributed by atoms with Gasteiger partial charge in [-0.05, 0) is 35.0 Å². The minimum atomic E-state index is -0.167. The Labute approximate surface area is 84.1 Å². The minimum absolute atomic E-state index is 0.167. The fourth-order valence-corrected chi connectivity index (χ4v) is 1.56. The number of hydrogen-bond donors (Lipinski definition) is 1. The van der Waals surface area contributed by atoms with Crippen molar-refractivity contribution in [1.29, 1.82) is 0 Å². The summed E-state index contributed by atoms with van der Waals surface area (Å²) in [5.41, 5.74) is 7.25. The van der Waals surface area contributed by atoms with E-state index in [1.54, 1.807) is 0 Å². The highest BCUT2D eigenvalue weighted by molar-refractivity contribution is 9.10. The summed E-state index contributed by atoms with van der Waals surface area (Å²) < 4.78 is 6.38. The number of rotatable bonds is 1. The molecule has 0 aliphatic rings. The molecule has 1 aromatic carbocycles. The van der Waals surface area contributed by atoms with Gasteiger partial charge >= 0.3 is 0 Å². The maximum atomic E-state index is 5.66. The summed E-state index contributed by atoms with van der Waals surface area (Å²) in [4.78, 5) is 4.25. The molecule has 1 heterocycles. The fourth-order valence-electron chi connectivity index (χ4n) is 1.13. The van der Waals surface area contributed by atoms with Crippen molar-refractivity contribution in [2.75, 3.05) is 0 Å². The molecule has 0 amide bonds. The van der Waals surface area contributed by atoms with Crippen LogP contribution in [0.5, 0.6) is 0 Å². The maximum absolute atomic E-state index is 5.66. The van der Waals surface area contributed by atoms with Gasteiger partial charge in [0.15, 0.2) is 5.58 Å². The van der Waals surface area contributed by atoms with Gasteiger partial charge in [-0.15, -0.1) is 0 Å². The lowest BCUT2D eigenvalue weighted by Gasteiger charge is -1.94. The van der Waals surface area contributed by atoms with Gasteiger partial charge in [0.25, 0.3) is 0 Å². The molecule has 4 heteroatoms. The van der Waals surface area contributed by atoms with Crippen molar-refractivity contribution < 1.29 is 4.42 Å². The van der Waals surface area contributed by atoms with Crippen LogP contribution in [0.25, 0.3) is 11.1 Å². The van der Waals surface area contributed by atoms with Gasteiger partial charge in [-0.2, -0.15) is 0 Å². The Hall–Kier alpha value is -0.870. The van der Waals surface area contributed by atoms with Crippen molar-refractivity contribution in [2.45, 2.75) is 13.0 Å². The maximum Gasteiger partial charge on any atom is 0.212 e. The first-order valence-corrected chi connectivity index (χ1v) is 4.78. The van der Waals surface area contributed by atoms with Crippen LogP contribution in [0.1, 0.15) is 18.9 Å². The fraction of sp³-hybridized carbons (Fsp3) is 0.222. The molecule has 2 rings (SSSR count). The second-order valence-electron chi connectivity index (χ2n) is 2.93. The molecular weight excluding hydrogens is 232 g/mol. The van der Waals surface area contributed by atoms with Gasteiger partial charge in [-0.1, -0.05) is 6.07 Å². The van der Waals surface area contributed by atoms with E-state index in [9.17, 15) is 0 Å². The van der Waals surface area contributed by atoms with E-state index in [-0.39, 0.29) is 6.04 Å². The Balaban J connectivity index is 2.68. The van der Waals surface area contributed by atoms with Crippen molar-refractivity contribution in [2.24, 2.45) is 5.73 Å². The first kappa shape index (κ1) is 8.72. The van der Waals surface area contributed by atoms with Gasteiger partial charge in [0, 0.05) is 0 Å². The standard InChI is InChI=1S/C9H9BrN2O/c1-5(11)9-12-7-4-2-3-6(10)8(7)13-9/h2-5H,11H2,1H3/t5-/m0/s1. The van der Waals surface area contributed by atoms with Crippen molar-refractivity contribution in [3.05, 3.63) is 28.6 Å². The Morgan fingerprint density at radius 3 is 2.92 bits per heavy atom. The number of halogens is 1. The Morgan fingerprint density at radius 1 is 1.54 bits per heavy atom. The smallest absolute Gasteiger partial charge is 0.212 e. The molecule has 2 N–H and O–H groups in total. The SMILES string of the molecule is C[C@H](N)c1nc2cccc(Br)c2o1. The summed E-state index contributed by atoms with van der Waals surface area (Å²) in [7, 11) is 0. The van der Waals surface area contributed by atoms with Crippen LogP contribution in [-0.4, -0.2) is 4.98 Å². The van der Waals surface area contributed by atoms with E-state index in [0.717, 1.165) is 15.6 Å². The van der Waals surface area contributed by atoms with Crippen LogP contribution in [0.15, 0.2) is 27.1 Å². The van der Waals surface area contributed by atoms with Crippen molar-refractivity contribution in [1.82, 2.24) is 4.98 Å². The lowest BCUT2D eigenvalue weighted by Crippen LogP contribution is -2.04. The average molecular weight is 241 g/mol. The number of nitrogens with zero attached hydrogens (tertiary/aromatic N) is 1. The predicted octanol–water partition coefficient (Wildman–Crippen LogP) is 2.61. The highest BCUT2D eigenvalue weighted by Crippen LogP contribution is 2.25. The summed E-state index contributed by atoms with van der Waals surface area (Å²) >= 11 is 3.38. The molecule has 0 saturated heterocycles. The number of nitrogens with two attached hydrogens (primary N) is 1. The van der Waals surface area contributed by atoms with Crippen molar-refractivity contribution in [3.63, 3.8) is 0 Å². The summed E-state index contributed by atoms with van der Waals surface area (Å²) in [6, 6.07) is 5.56. The van der Waals surface area contributed by atoms with E-state index in [2.05, 4.69) is 20.9 Å². The van der Waals surface area contributed by atoms with E-state index in [1.165, 1.54) is 0 Å². The molecule has 3 nitrogen and oxygen atoms in total. The van der Waals surface area contributed by atoms with E-state index < -0.39 is 0 Å². The lowest BCUT2D eigenvalue weighted by molar-refractivity contribution is 0.492. The van der Waals surface area contributed by atoms with Crippen LogP contribution < -0.4 is 5.73 Å². The number of fused-ring (bicyclic) bond motifs is 1. The first-order valence-electron chi connectivity index (χ1n) is 3.99. The molecule has 0 spiro atoms. The van der Waals surface area contributed by atoms with E-state index in [1.807, 2.05) is 25.1 Å². The molecule has 13 heavy (non-hydrogen) atoms. The molecule has 0 saturated carbocycles. The largest absolute Gasteiger partial charge is 0.438 e. The molecular formula is C9H9BrN2O. The third kappa shape index (κ3) is 1.47. The number of hydrogen-bond acceptors (Lipinski definition) is 3. The zero-order chi connectivity index (χ0) is 9.42. The van der Waals surface area contributed by atoms with Gasteiger partial charge in [0.05, 0.1) is 10.5 Å². The minimum Gasteiger partial charge on any atom is -0.438 e. The summed E-state index contributed by atoms with van der Waals surface area (Å²) in [6.07, 6.45) is 0. The number of aromatic nitrogens is 1. The van der Waals surface area contributed by atoms with E-state index in [0.29, 0.717) is 5.89 Å². The third-order valence-corrected chi connectivity index (χ3v) is 2.40. The molecule has 68 valence electrons. The van der Waals surface area contributed by atoms with Crippen molar-refractivity contribution in [3.8, 4) is 0 Å². The monoisotopic (exact) mass is 240 g/mol. The van der Waals surface area contributed by atoms with Gasteiger partial charge < -0.3 is 10.2 Å². The van der Waals surface area contributed by atoms with Crippen LogP contribution in [-0.2, 0) is 0 Å². The van der Waals surface area contributed by atoms with E-state index >= 15 is 0 Å². The van der Waals surface area contributed by atoms with Crippen LogP contribution in [0.2, 0.25) is 0 Å². The number of oxazole rings is 1. The Bertz CT molecular complexity index is 436. The summed E-state index contributed by atoms with van der Waals surface area (Å²) in [5.74, 6) is 0.571. The van der Waals surface area contributed by atoms with Crippen molar-refractivity contribution >= 4 is 27.0 Å². The normalized spacial score (nSPS) is 13.5. The molecule has 0 bridgehead atoms.